The van der Waals surface area contributed by atoms with Crippen molar-refractivity contribution in [1.29, 1.82) is 0 Å². The molecule has 24 heavy (non-hydrogen) atoms. The van der Waals surface area contributed by atoms with Crippen LogP contribution in [0.3, 0.4) is 0 Å². The minimum atomic E-state index is -3.26. The average molecular weight is 346 g/mol. The number of rotatable bonds is 2. The van der Waals surface area contributed by atoms with Gasteiger partial charge in [0.2, 0.25) is 0 Å². The Balaban J connectivity index is 1.62. The van der Waals surface area contributed by atoms with Crippen molar-refractivity contribution in [3.63, 3.8) is 0 Å². The molecule has 1 atom stereocenters. The summed E-state index contributed by atoms with van der Waals surface area (Å²) in [7, 11) is -3.26. The quantitative estimate of drug-likeness (QED) is 0.743. The van der Waals surface area contributed by atoms with Crippen LogP contribution in [0.4, 0.5) is 0 Å². The summed E-state index contributed by atoms with van der Waals surface area (Å²) in [5.41, 5.74) is 2.93. The van der Waals surface area contributed by atoms with E-state index in [0.29, 0.717) is 29.1 Å². The van der Waals surface area contributed by atoms with Gasteiger partial charge in [0, 0.05) is 30.8 Å². The van der Waals surface area contributed by atoms with E-state index in [1.807, 2.05) is 0 Å². The molecule has 1 aromatic carbocycles. The molecule has 7 nitrogen and oxygen atoms in total. The SMILES string of the molecule is O=C(NC1CCS(=O)(=O)c2ccccc21)c1n[nH]c2c1CNCC2. The van der Waals surface area contributed by atoms with Gasteiger partial charge < -0.3 is 10.6 Å². The lowest BCUT2D eigenvalue weighted by molar-refractivity contribution is 0.0928. The van der Waals surface area contributed by atoms with Gasteiger partial charge in [0.15, 0.2) is 15.5 Å². The first-order valence-electron chi connectivity index (χ1n) is 7.95. The Labute approximate surface area is 139 Å². The summed E-state index contributed by atoms with van der Waals surface area (Å²) >= 11 is 0. The Morgan fingerprint density at radius 1 is 1.29 bits per heavy atom. The second kappa shape index (κ2) is 5.71. The zero-order valence-corrected chi connectivity index (χ0v) is 13.8. The number of amides is 1. The van der Waals surface area contributed by atoms with Crippen molar-refractivity contribution in [3.8, 4) is 0 Å². The fraction of sp³-hybridized carbons (Fsp3) is 0.375. The highest BCUT2D eigenvalue weighted by Gasteiger charge is 2.32. The number of H-pyrrole nitrogens is 1. The number of nitrogens with one attached hydrogen (secondary N) is 3. The molecule has 8 heteroatoms. The fourth-order valence-corrected chi connectivity index (χ4v) is 5.00. The van der Waals surface area contributed by atoms with Gasteiger partial charge in [-0.25, -0.2) is 8.42 Å². The number of hydrogen-bond acceptors (Lipinski definition) is 5. The van der Waals surface area contributed by atoms with E-state index in [1.165, 1.54) is 0 Å². The van der Waals surface area contributed by atoms with Gasteiger partial charge >= 0.3 is 0 Å². The van der Waals surface area contributed by atoms with E-state index in [1.54, 1.807) is 24.3 Å². The number of hydrogen-bond donors (Lipinski definition) is 3. The van der Waals surface area contributed by atoms with Gasteiger partial charge in [-0.15, -0.1) is 0 Å². The zero-order valence-electron chi connectivity index (χ0n) is 13.0. The number of benzene rings is 1. The van der Waals surface area contributed by atoms with Crippen LogP contribution in [0.1, 0.15) is 39.8 Å². The van der Waals surface area contributed by atoms with Gasteiger partial charge in [-0.2, -0.15) is 5.10 Å². The number of carbonyl (C=O) groups is 1. The van der Waals surface area contributed by atoms with Crippen LogP contribution in [0.5, 0.6) is 0 Å². The maximum atomic E-state index is 12.6. The van der Waals surface area contributed by atoms with Gasteiger partial charge in [-0.3, -0.25) is 9.89 Å². The van der Waals surface area contributed by atoms with Gasteiger partial charge in [-0.05, 0) is 18.1 Å². The number of nitrogens with zero attached hydrogens (tertiary/aromatic N) is 1. The lowest BCUT2D eigenvalue weighted by atomic mass is 10.0. The van der Waals surface area contributed by atoms with E-state index < -0.39 is 9.84 Å². The predicted molar refractivity (Wildman–Crippen MR) is 87.3 cm³/mol. The molecule has 3 N–H and O–H groups in total. The first-order chi connectivity index (χ1) is 11.6. The minimum absolute atomic E-state index is 0.0369. The maximum absolute atomic E-state index is 12.6. The average Bonchev–Trinajstić information content (AvgIpc) is 3.02. The van der Waals surface area contributed by atoms with Gasteiger partial charge in [-0.1, -0.05) is 18.2 Å². The lowest BCUT2D eigenvalue weighted by Crippen LogP contribution is -2.35. The standard InChI is InChI=1S/C16H18N4O3S/c21-16(15-11-9-17-7-5-13(11)19-20-15)18-12-6-8-24(22,23)14-4-2-1-3-10(12)14/h1-4,12,17H,5-9H2,(H,18,21)(H,19,20). The van der Waals surface area contributed by atoms with Gasteiger partial charge in [0.1, 0.15) is 0 Å². The third-order valence-corrected chi connectivity index (χ3v) is 6.45. The summed E-state index contributed by atoms with van der Waals surface area (Å²) in [5, 5.41) is 13.3. The van der Waals surface area contributed by atoms with Gasteiger partial charge in [0.25, 0.3) is 5.91 Å². The second-order valence-corrected chi connectivity index (χ2v) is 8.21. The number of sulfone groups is 1. The first kappa shape index (κ1) is 15.3. The summed E-state index contributed by atoms with van der Waals surface area (Å²) in [4.78, 5) is 13.0. The van der Waals surface area contributed by atoms with E-state index in [4.69, 9.17) is 0 Å². The van der Waals surface area contributed by atoms with Crippen LogP contribution in [0.25, 0.3) is 0 Å². The number of fused-ring (bicyclic) bond motifs is 2. The molecule has 0 saturated carbocycles. The fourth-order valence-electron chi connectivity index (χ4n) is 3.38. The van der Waals surface area contributed by atoms with Crippen LogP contribution in [0, 0.1) is 0 Å². The predicted octanol–water partition coefficient (Wildman–Crippen LogP) is 0.704. The molecule has 0 radical (unpaired) electrons. The van der Waals surface area contributed by atoms with Crippen molar-refractivity contribution in [2.24, 2.45) is 0 Å². The van der Waals surface area contributed by atoms with Crippen LogP contribution < -0.4 is 10.6 Å². The van der Waals surface area contributed by atoms with E-state index in [0.717, 1.165) is 24.2 Å². The van der Waals surface area contributed by atoms with Crippen molar-refractivity contribution in [2.45, 2.75) is 30.3 Å². The molecular weight excluding hydrogens is 328 g/mol. The van der Waals surface area contributed by atoms with E-state index >= 15 is 0 Å². The highest BCUT2D eigenvalue weighted by molar-refractivity contribution is 7.91. The molecular formula is C16H18N4O3S. The monoisotopic (exact) mass is 346 g/mol. The molecule has 126 valence electrons. The molecule has 0 bridgehead atoms. The largest absolute Gasteiger partial charge is 0.344 e. The summed E-state index contributed by atoms with van der Waals surface area (Å²) in [5.74, 6) is -0.231. The summed E-state index contributed by atoms with van der Waals surface area (Å²) in [6.45, 7) is 1.48. The van der Waals surface area contributed by atoms with Crippen LogP contribution in [-0.2, 0) is 22.8 Å². The highest BCUT2D eigenvalue weighted by Crippen LogP contribution is 2.32. The summed E-state index contributed by atoms with van der Waals surface area (Å²) < 4.78 is 24.4. The van der Waals surface area contributed by atoms with Crippen LogP contribution in [0.2, 0.25) is 0 Å². The normalized spacial score (nSPS) is 21.6. The van der Waals surface area contributed by atoms with Crippen molar-refractivity contribution in [2.75, 3.05) is 12.3 Å². The highest BCUT2D eigenvalue weighted by atomic mass is 32.2. The Morgan fingerprint density at radius 2 is 2.12 bits per heavy atom. The van der Waals surface area contributed by atoms with E-state index in [-0.39, 0.29) is 17.7 Å². The molecule has 4 rings (SSSR count). The Hall–Kier alpha value is -2.19. The van der Waals surface area contributed by atoms with Crippen LogP contribution in [-0.4, -0.2) is 36.8 Å². The summed E-state index contributed by atoms with van der Waals surface area (Å²) in [6, 6.07) is 6.54. The summed E-state index contributed by atoms with van der Waals surface area (Å²) in [6.07, 6.45) is 1.19. The van der Waals surface area contributed by atoms with E-state index in [2.05, 4.69) is 20.8 Å². The van der Waals surface area contributed by atoms with Crippen molar-refractivity contribution >= 4 is 15.7 Å². The third-order valence-electron chi connectivity index (χ3n) is 4.63. The molecule has 1 unspecified atom stereocenters. The molecule has 2 aliphatic heterocycles. The number of aromatic nitrogens is 2. The van der Waals surface area contributed by atoms with Crippen molar-refractivity contribution < 1.29 is 13.2 Å². The molecule has 3 heterocycles. The molecule has 0 aliphatic carbocycles. The number of aromatic amines is 1. The topological polar surface area (TPSA) is 104 Å². The number of carbonyl (C=O) groups excluding carboxylic acids is 1. The van der Waals surface area contributed by atoms with E-state index in [9.17, 15) is 13.2 Å². The second-order valence-electron chi connectivity index (χ2n) is 6.13. The molecule has 2 aliphatic rings. The molecule has 1 amide bonds. The Kier molecular flexibility index (Phi) is 3.65. The third kappa shape index (κ3) is 2.51. The first-order valence-corrected chi connectivity index (χ1v) is 9.61. The lowest BCUT2D eigenvalue weighted by Gasteiger charge is -2.26. The molecule has 0 saturated heterocycles. The van der Waals surface area contributed by atoms with Gasteiger partial charge in [0.05, 0.1) is 16.7 Å². The molecule has 0 spiro atoms. The molecule has 1 aromatic heterocycles. The van der Waals surface area contributed by atoms with Crippen LogP contribution >= 0.6 is 0 Å². The minimum Gasteiger partial charge on any atom is -0.344 e. The van der Waals surface area contributed by atoms with Crippen molar-refractivity contribution in [3.05, 3.63) is 46.8 Å². The van der Waals surface area contributed by atoms with Crippen molar-refractivity contribution in [1.82, 2.24) is 20.8 Å². The zero-order chi connectivity index (χ0) is 16.7. The molecule has 0 fully saturated rings. The Morgan fingerprint density at radius 3 is 3.00 bits per heavy atom. The molecule has 2 aromatic rings. The maximum Gasteiger partial charge on any atom is 0.272 e. The Bertz CT molecular complexity index is 904. The van der Waals surface area contributed by atoms with Crippen LogP contribution in [0.15, 0.2) is 29.2 Å². The smallest absolute Gasteiger partial charge is 0.272 e.